The highest BCUT2D eigenvalue weighted by atomic mass is 32.1. The van der Waals surface area contributed by atoms with Crippen LogP contribution in [0.3, 0.4) is 0 Å². The molecule has 0 aliphatic heterocycles. The Balaban J connectivity index is 1.65. The molecule has 1 aromatic rings. The van der Waals surface area contributed by atoms with E-state index in [0.29, 0.717) is 17.6 Å². The number of ether oxygens (including phenoxy) is 1. The summed E-state index contributed by atoms with van der Waals surface area (Å²) in [6.07, 6.45) is 7.50. The first-order valence-corrected chi connectivity index (χ1v) is 7.01. The monoisotopic (exact) mass is 238 g/mol. The van der Waals surface area contributed by atoms with Crippen LogP contribution in [0.2, 0.25) is 0 Å². The maximum atomic E-state index is 5.83. The summed E-state index contributed by atoms with van der Waals surface area (Å²) in [6, 6.07) is 0.587. The topological polar surface area (TPSA) is 34.1 Å². The van der Waals surface area contributed by atoms with Gasteiger partial charge in [0.1, 0.15) is 0 Å². The van der Waals surface area contributed by atoms with Gasteiger partial charge in [0.15, 0.2) is 5.13 Å². The van der Waals surface area contributed by atoms with Crippen LogP contribution in [0.15, 0.2) is 11.6 Å². The Morgan fingerprint density at radius 2 is 2.50 bits per heavy atom. The number of hydrogen-bond acceptors (Lipinski definition) is 4. The molecule has 2 fully saturated rings. The molecule has 3 rings (SSSR count). The Morgan fingerprint density at radius 1 is 1.62 bits per heavy atom. The average Bonchev–Trinajstić information content (AvgIpc) is 2.66. The van der Waals surface area contributed by atoms with Gasteiger partial charge in [0.25, 0.3) is 0 Å². The smallest absolute Gasteiger partial charge is 0.182 e. The second kappa shape index (κ2) is 4.00. The van der Waals surface area contributed by atoms with Gasteiger partial charge in [-0.15, -0.1) is 11.3 Å². The van der Waals surface area contributed by atoms with Crippen molar-refractivity contribution in [3.63, 3.8) is 0 Å². The molecule has 1 spiro atoms. The van der Waals surface area contributed by atoms with Crippen LogP contribution in [0.1, 0.15) is 32.6 Å². The second-order valence-corrected chi connectivity index (χ2v) is 5.70. The van der Waals surface area contributed by atoms with E-state index in [4.69, 9.17) is 4.74 Å². The number of nitrogens with zero attached hydrogens (tertiary/aromatic N) is 1. The van der Waals surface area contributed by atoms with E-state index in [1.54, 1.807) is 11.3 Å². The third-order valence-electron chi connectivity index (χ3n) is 4.17. The predicted octanol–water partition coefficient (Wildman–Crippen LogP) is 2.90. The first-order valence-electron chi connectivity index (χ1n) is 6.13. The maximum Gasteiger partial charge on any atom is 0.182 e. The van der Waals surface area contributed by atoms with Crippen molar-refractivity contribution in [2.45, 2.75) is 44.8 Å². The highest BCUT2D eigenvalue weighted by molar-refractivity contribution is 7.13. The molecule has 1 N–H and O–H groups in total. The Kier molecular flexibility index (Phi) is 2.64. The maximum absolute atomic E-state index is 5.83. The summed E-state index contributed by atoms with van der Waals surface area (Å²) < 4.78 is 5.83. The minimum atomic E-state index is 0.432. The third kappa shape index (κ3) is 1.47. The van der Waals surface area contributed by atoms with E-state index in [9.17, 15) is 0 Å². The fourth-order valence-corrected chi connectivity index (χ4v) is 3.67. The van der Waals surface area contributed by atoms with Gasteiger partial charge >= 0.3 is 0 Å². The largest absolute Gasteiger partial charge is 0.378 e. The number of rotatable bonds is 4. The van der Waals surface area contributed by atoms with Gasteiger partial charge in [-0.25, -0.2) is 4.98 Å². The molecule has 0 radical (unpaired) electrons. The Labute approximate surface area is 100 Å². The first kappa shape index (κ1) is 10.5. The lowest BCUT2D eigenvalue weighted by atomic mass is 9.51. The predicted molar refractivity (Wildman–Crippen MR) is 65.8 cm³/mol. The third-order valence-corrected chi connectivity index (χ3v) is 4.87. The van der Waals surface area contributed by atoms with Gasteiger partial charge < -0.3 is 10.1 Å². The van der Waals surface area contributed by atoms with Crippen molar-refractivity contribution in [2.24, 2.45) is 5.41 Å². The van der Waals surface area contributed by atoms with E-state index < -0.39 is 0 Å². The summed E-state index contributed by atoms with van der Waals surface area (Å²) in [7, 11) is 0. The van der Waals surface area contributed by atoms with E-state index >= 15 is 0 Å². The fourth-order valence-electron chi connectivity index (χ4n) is 3.08. The van der Waals surface area contributed by atoms with Crippen molar-refractivity contribution >= 4 is 16.5 Å². The summed E-state index contributed by atoms with van der Waals surface area (Å²) in [5.74, 6) is 0. The number of hydrogen-bond donors (Lipinski definition) is 1. The van der Waals surface area contributed by atoms with E-state index in [2.05, 4.69) is 17.2 Å². The Morgan fingerprint density at radius 3 is 3.06 bits per heavy atom. The zero-order valence-corrected chi connectivity index (χ0v) is 10.4. The van der Waals surface area contributed by atoms with E-state index in [1.807, 2.05) is 11.6 Å². The molecule has 0 bridgehead atoms. The van der Waals surface area contributed by atoms with Gasteiger partial charge in [-0.3, -0.25) is 0 Å². The van der Waals surface area contributed by atoms with Gasteiger partial charge in [-0.05, 0) is 26.2 Å². The second-order valence-electron chi connectivity index (χ2n) is 4.80. The van der Waals surface area contributed by atoms with Crippen LogP contribution in [0.5, 0.6) is 0 Å². The molecule has 2 unspecified atom stereocenters. The Bertz CT molecular complexity index is 348. The van der Waals surface area contributed by atoms with Gasteiger partial charge in [-0.2, -0.15) is 0 Å². The minimum Gasteiger partial charge on any atom is -0.378 e. The molecule has 2 atom stereocenters. The SMILES string of the molecule is CCOC1CC(Nc2nccs2)C12CCC2. The Hall–Kier alpha value is -0.610. The number of anilines is 1. The molecule has 2 aliphatic carbocycles. The quantitative estimate of drug-likeness (QED) is 0.875. The number of nitrogens with one attached hydrogen (secondary N) is 1. The highest BCUT2D eigenvalue weighted by Crippen LogP contribution is 2.58. The van der Waals surface area contributed by atoms with Gasteiger partial charge in [0.2, 0.25) is 0 Å². The summed E-state index contributed by atoms with van der Waals surface area (Å²) in [5, 5.41) is 6.65. The minimum absolute atomic E-state index is 0.432. The van der Waals surface area contributed by atoms with Crippen LogP contribution in [-0.4, -0.2) is 23.7 Å². The lowest BCUT2D eigenvalue weighted by Gasteiger charge is -2.61. The molecule has 3 nitrogen and oxygen atoms in total. The molecule has 0 saturated heterocycles. The van der Waals surface area contributed by atoms with Gasteiger partial charge in [0.05, 0.1) is 6.10 Å². The molecule has 0 amide bonds. The van der Waals surface area contributed by atoms with E-state index in [0.717, 1.165) is 18.2 Å². The standard InChI is InChI=1S/C12H18N2OS/c1-2-15-10-8-9(12(10)4-3-5-12)14-11-13-6-7-16-11/h6-7,9-10H,2-5,8H2,1H3,(H,13,14). The number of thiazole rings is 1. The van der Waals surface area contributed by atoms with E-state index in [1.165, 1.54) is 19.3 Å². The van der Waals surface area contributed by atoms with Crippen molar-refractivity contribution in [3.05, 3.63) is 11.6 Å². The van der Waals surface area contributed by atoms with Crippen LogP contribution < -0.4 is 5.32 Å². The molecular weight excluding hydrogens is 220 g/mol. The molecule has 4 heteroatoms. The zero-order valence-electron chi connectivity index (χ0n) is 9.61. The molecule has 0 aromatic carbocycles. The van der Waals surface area contributed by atoms with Gasteiger partial charge in [0, 0.05) is 29.6 Å². The lowest BCUT2D eigenvalue weighted by Crippen LogP contribution is -2.64. The summed E-state index contributed by atoms with van der Waals surface area (Å²) in [6.45, 7) is 2.93. The molecule has 88 valence electrons. The van der Waals surface area contributed by atoms with Crippen LogP contribution >= 0.6 is 11.3 Å². The summed E-state index contributed by atoms with van der Waals surface area (Å²) >= 11 is 1.69. The van der Waals surface area contributed by atoms with Crippen LogP contribution in [-0.2, 0) is 4.74 Å². The molecule has 1 aromatic heterocycles. The van der Waals surface area contributed by atoms with Crippen LogP contribution in [0, 0.1) is 5.41 Å². The van der Waals surface area contributed by atoms with E-state index in [-0.39, 0.29) is 0 Å². The van der Waals surface area contributed by atoms with Crippen molar-refractivity contribution in [3.8, 4) is 0 Å². The molecular formula is C12H18N2OS. The highest BCUT2D eigenvalue weighted by Gasteiger charge is 2.59. The molecule has 2 saturated carbocycles. The van der Waals surface area contributed by atoms with Crippen molar-refractivity contribution in [2.75, 3.05) is 11.9 Å². The van der Waals surface area contributed by atoms with Crippen molar-refractivity contribution in [1.82, 2.24) is 4.98 Å². The summed E-state index contributed by atoms with van der Waals surface area (Å²) in [5.41, 5.74) is 0.432. The zero-order chi connectivity index (χ0) is 11.0. The van der Waals surface area contributed by atoms with Crippen molar-refractivity contribution < 1.29 is 4.74 Å². The van der Waals surface area contributed by atoms with Gasteiger partial charge in [-0.1, -0.05) is 6.42 Å². The van der Waals surface area contributed by atoms with Crippen LogP contribution in [0.4, 0.5) is 5.13 Å². The number of aromatic nitrogens is 1. The average molecular weight is 238 g/mol. The normalized spacial score (nSPS) is 30.8. The first-order chi connectivity index (χ1) is 7.85. The van der Waals surface area contributed by atoms with Crippen molar-refractivity contribution in [1.29, 1.82) is 0 Å². The lowest BCUT2D eigenvalue weighted by molar-refractivity contribution is -0.157. The molecule has 16 heavy (non-hydrogen) atoms. The fraction of sp³-hybridized carbons (Fsp3) is 0.750. The molecule has 2 aliphatic rings. The summed E-state index contributed by atoms with van der Waals surface area (Å²) in [4.78, 5) is 4.30. The molecule has 1 heterocycles. The van der Waals surface area contributed by atoms with Crippen LogP contribution in [0.25, 0.3) is 0 Å².